The molecule has 4 aromatic rings. The van der Waals surface area contributed by atoms with Gasteiger partial charge in [-0.1, -0.05) is 106 Å². The van der Waals surface area contributed by atoms with Crippen LogP contribution in [0.5, 0.6) is 0 Å². The van der Waals surface area contributed by atoms with Gasteiger partial charge in [0.25, 0.3) is 0 Å². The molecule has 0 aromatic heterocycles. The van der Waals surface area contributed by atoms with E-state index in [2.05, 4.69) is 149 Å². The van der Waals surface area contributed by atoms with Crippen LogP contribution in [0.4, 0.5) is 5.69 Å². The highest BCUT2D eigenvalue weighted by Crippen LogP contribution is 2.10. The fraction of sp³-hybridized carbons (Fsp3) is 0.325. The fourth-order valence-corrected chi connectivity index (χ4v) is 3.15. The lowest BCUT2D eigenvalue weighted by molar-refractivity contribution is -0.459. The second-order valence-electron chi connectivity index (χ2n) is 11.2. The highest BCUT2D eigenvalue weighted by molar-refractivity contribution is 5.75. The molecular weight excluding hydrogens is 522 g/mol. The lowest BCUT2D eigenvalue weighted by atomic mass is 10.2. The number of hydrogen-bond acceptors (Lipinski definition) is 0. The Morgan fingerprint density at radius 2 is 0.628 bits per heavy atom. The van der Waals surface area contributed by atoms with Crippen LogP contribution in [0.15, 0.2) is 97.1 Å². The topological polar surface area (TPSA) is 9.03 Å². The monoisotopic (exact) mass is 580 g/mol. The Bertz CT molecular complexity index is 1280. The summed E-state index contributed by atoms with van der Waals surface area (Å²) in [5.74, 6) is 0. The molecule has 0 aliphatic rings. The normalized spacial score (nSPS) is 9.65. The third kappa shape index (κ3) is 21.3. The molecule has 0 spiro atoms. The molecule has 4 rings (SSSR count). The molecule has 0 fully saturated rings. The van der Waals surface area contributed by atoms with Crippen LogP contribution in [0.3, 0.4) is 0 Å². The summed E-state index contributed by atoms with van der Waals surface area (Å²) in [7, 11) is 10.1. The van der Waals surface area contributed by atoms with Crippen molar-refractivity contribution in [2.24, 2.45) is 0 Å². The summed E-state index contributed by atoms with van der Waals surface area (Å²) in [6, 6.07) is 33.9. The number of benzene rings is 4. The number of hydrogen-bond donors (Lipinski definition) is 0. The van der Waals surface area contributed by atoms with Gasteiger partial charge in [-0.15, -0.1) is 0 Å². The van der Waals surface area contributed by atoms with Crippen molar-refractivity contribution >= 4 is 24.3 Å². The van der Waals surface area contributed by atoms with Crippen molar-refractivity contribution in [3.8, 4) is 0 Å². The Morgan fingerprint density at radius 1 is 0.372 bits per heavy atom. The lowest BCUT2D eigenvalue weighted by Gasteiger charge is -1.94. The molecule has 0 atom stereocenters. The average Bonchev–Trinajstić information content (AvgIpc) is 2.98. The van der Waals surface area contributed by atoms with Gasteiger partial charge in [0.05, 0.1) is 0 Å². The first-order valence-electron chi connectivity index (χ1n) is 15.0. The molecular formula is C40H58N3+3. The first kappa shape index (κ1) is 38.9. The van der Waals surface area contributed by atoms with Crippen molar-refractivity contribution < 1.29 is 13.7 Å². The van der Waals surface area contributed by atoms with Crippen molar-refractivity contribution in [3.05, 3.63) is 136 Å². The van der Waals surface area contributed by atoms with E-state index in [-0.39, 0.29) is 0 Å². The maximum Gasteiger partial charge on any atom is 0.204 e. The minimum Gasteiger partial charge on any atom is -0.245 e. The lowest BCUT2D eigenvalue weighted by Crippen LogP contribution is -1.99. The number of nitrogens with zero attached hydrogens (tertiary/aromatic N) is 3. The zero-order valence-corrected chi connectivity index (χ0v) is 29.3. The van der Waals surface area contributed by atoms with Crippen LogP contribution in [-0.2, 0) is 0 Å². The molecule has 0 heterocycles. The van der Waals surface area contributed by atoms with Crippen LogP contribution in [-0.4, -0.2) is 67.6 Å². The van der Waals surface area contributed by atoms with E-state index in [0.29, 0.717) is 0 Å². The molecule has 4 aromatic carbocycles. The highest BCUT2D eigenvalue weighted by Gasteiger charge is 1.98. The molecule has 43 heavy (non-hydrogen) atoms. The van der Waals surface area contributed by atoms with Gasteiger partial charge in [0.1, 0.15) is 47.7 Å². The Labute approximate surface area is 264 Å². The minimum absolute atomic E-state index is 1.23. The van der Waals surface area contributed by atoms with Gasteiger partial charge in [-0.05, 0) is 53.7 Å². The molecule has 0 aliphatic heterocycles. The molecule has 0 unspecified atom stereocenters. The van der Waals surface area contributed by atoms with Crippen LogP contribution >= 0.6 is 0 Å². The summed E-state index contributed by atoms with van der Waals surface area (Å²) in [4.78, 5) is 0. The minimum atomic E-state index is 1.23. The molecule has 0 radical (unpaired) electrons. The summed E-state index contributed by atoms with van der Waals surface area (Å²) < 4.78 is 6.14. The Hall–Kier alpha value is -4.11. The second-order valence-corrected chi connectivity index (χ2v) is 11.2. The molecule has 0 bridgehead atoms. The summed E-state index contributed by atoms with van der Waals surface area (Å²) in [6.07, 6.45) is 6.14. The molecule has 0 saturated carbocycles. The molecule has 0 amide bonds. The van der Waals surface area contributed by atoms with E-state index in [1.807, 2.05) is 70.7 Å². The van der Waals surface area contributed by atoms with Gasteiger partial charge in [0.2, 0.25) is 5.69 Å². The maximum absolute atomic E-state index is 2.12. The third-order valence-corrected chi connectivity index (χ3v) is 6.27. The van der Waals surface area contributed by atoms with E-state index >= 15 is 0 Å². The van der Waals surface area contributed by atoms with Crippen LogP contribution in [0.25, 0.3) is 0 Å². The smallest absolute Gasteiger partial charge is 0.204 e. The predicted octanol–water partition coefficient (Wildman–Crippen LogP) is 9.00. The van der Waals surface area contributed by atoms with Gasteiger partial charge in [0, 0.05) is 31.5 Å². The van der Waals surface area contributed by atoms with E-state index < -0.39 is 0 Å². The SMILES string of the molecule is CC=[N+](C)C.CC=[N+](C)c1ccc(C)cc1.Cc1ccc(C)cc1.Cc1ccc(C)cc1.Cc1ccc(C=[N+](C)C)cc1. The van der Waals surface area contributed by atoms with Crippen LogP contribution < -0.4 is 0 Å². The van der Waals surface area contributed by atoms with E-state index in [4.69, 9.17) is 0 Å². The van der Waals surface area contributed by atoms with Crippen LogP contribution in [0, 0.1) is 41.5 Å². The van der Waals surface area contributed by atoms with Crippen LogP contribution in [0.2, 0.25) is 0 Å². The Morgan fingerprint density at radius 3 is 0.860 bits per heavy atom. The number of aryl methyl sites for hydroxylation is 6. The van der Waals surface area contributed by atoms with Crippen molar-refractivity contribution in [1.29, 1.82) is 0 Å². The van der Waals surface area contributed by atoms with E-state index in [1.54, 1.807) is 0 Å². The Kier molecular flexibility index (Phi) is 20.3. The zero-order valence-electron chi connectivity index (χ0n) is 29.3. The standard InChI is InChI=1S/2C10H14N.2C8H10.C4H10N/c1-9-4-6-10(7-5-9)8-11(2)3;1-4-11(3)10-7-5-9(2)6-8-10;2*1-7-3-5-8(2)6-4-7;1-4-5(2)3/h2*4-8H,1-3H3;2*3-6H,1-2H3;4H,1-3H3/q2*+1;;;+1. The molecule has 0 aliphatic carbocycles. The summed E-state index contributed by atoms with van der Waals surface area (Å²) in [5.41, 5.74) is 10.4. The molecule has 0 N–H and O–H groups in total. The van der Waals surface area contributed by atoms with Crippen molar-refractivity contribution in [3.63, 3.8) is 0 Å². The van der Waals surface area contributed by atoms with E-state index in [1.165, 1.54) is 44.6 Å². The summed E-state index contributed by atoms with van der Waals surface area (Å²) >= 11 is 0. The first-order chi connectivity index (χ1) is 20.3. The van der Waals surface area contributed by atoms with E-state index in [9.17, 15) is 0 Å². The maximum atomic E-state index is 2.12. The largest absolute Gasteiger partial charge is 0.245 e. The summed E-state index contributed by atoms with van der Waals surface area (Å²) in [6.45, 7) is 16.6. The molecule has 3 heteroatoms. The van der Waals surface area contributed by atoms with Crippen molar-refractivity contribution in [1.82, 2.24) is 0 Å². The van der Waals surface area contributed by atoms with Crippen molar-refractivity contribution in [2.75, 3.05) is 35.2 Å². The first-order valence-corrected chi connectivity index (χ1v) is 15.0. The molecule has 3 nitrogen and oxygen atoms in total. The van der Waals surface area contributed by atoms with Gasteiger partial charge in [-0.3, -0.25) is 0 Å². The fourth-order valence-electron chi connectivity index (χ4n) is 3.15. The van der Waals surface area contributed by atoms with Crippen molar-refractivity contribution in [2.45, 2.75) is 55.4 Å². The van der Waals surface area contributed by atoms with Gasteiger partial charge >= 0.3 is 0 Å². The second kappa shape index (κ2) is 22.5. The van der Waals surface area contributed by atoms with Crippen LogP contribution in [0.1, 0.15) is 52.8 Å². The zero-order chi connectivity index (χ0) is 32.8. The van der Waals surface area contributed by atoms with E-state index in [0.717, 1.165) is 0 Å². The van der Waals surface area contributed by atoms with Gasteiger partial charge in [0.15, 0.2) is 6.21 Å². The number of rotatable bonds is 2. The average molecular weight is 581 g/mol. The summed E-state index contributed by atoms with van der Waals surface area (Å²) in [5, 5.41) is 0. The molecule has 230 valence electrons. The predicted molar refractivity (Wildman–Crippen MR) is 193 cm³/mol. The quantitative estimate of drug-likeness (QED) is 0.165. The molecule has 0 saturated heterocycles. The highest BCUT2D eigenvalue weighted by atomic mass is 15.0. The van der Waals surface area contributed by atoms with Gasteiger partial charge in [-0.2, -0.15) is 0 Å². The van der Waals surface area contributed by atoms with Gasteiger partial charge < -0.3 is 0 Å². The Balaban J connectivity index is 0.000000525. The third-order valence-electron chi connectivity index (χ3n) is 6.27. The van der Waals surface area contributed by atoms with Gasteiger partial charge in [-0.25, -0.2) is 13.7 Å².